The number of amides is 1. The van der Waals surface area contributed by atoms with E-state index in [9.17, 15) is 4.79 Å². The highest BCUT2D eigenvalue weighted by atomic mass is 35.5. The van der Waals surface area contributed by atoms with E-state index >= 15 is 0 Å². The van der Waals surface area contributed by atoms with Gasteiger partial charge in [-0.05, 0) is 49.9 Å². The van der Waals surface area contributed by atoms with Gasteiger partial charge in [0.15, 0.2) is 0 Å². The fourth-order valence-electron chi connectivity index (χ4n) is 2.55. The van der Waals surface area contributed by atoms with Gasteiger partial charge < -0.3 is 5.32 Å². The maximum absolute atomic E-state index is 12.1. The van der Waals surface area contributed by atoms with Crippen LogP contribution in [0.5, 0.6) is 0 Å². The average Bonchev–Trinajstić information content (AvgIpc) is 2.48. The summed E-state index contributed by atoms with van der Waals surface area (Å²) in [4.78, 5) is 13.2. The van der Waals surface area contributed by atoms with Gasteiger partial charge in [0.05, 0.1) is 5.25 Å². The Morgan fingerprint density at radius 1 is 1.30 bits per heavy atom. The van der Waals surface area contributed by atoms with E-state index in [0.29, 0.717) is 5.92 Å². The predicted molar refractivity (Wildman–Crippen MR) is 86.4 cm³/mol. The zero-order valence-corrected chi connectivity index (χ0v) is 13.5. The van der Waals surface area contributed by atoms with E-state index in [2.05, 4.69) is 5.32 Å². The van der Waals surface area contributed by atoms with Gasteiger partial charge in [0.25, 0.3) is 0 Å². The molecule has 1 saturated carbocycles. The Balaban J connectivity index is 1.75. The van der Waals surface area contributed by atoms with Crippen molar-refractivity contribution in [2.45, 2.75) is 49.2 Å². The Hall–Kier alpha value is -0.670. The van der Waals surface area contributed by atoms with Gasteiger partial charge in [-0.25, -0.2) is 0 Å². The lowest BCUT2D eigenvalue weighted by Gasteiger charge is -2.22. The molecule has 4 heteroatoms. The molecule has 2 nitrogen and oxygen atoms in total. The fraction of sp³-hybridized carbons (Fsp3) is 0.562. The van der Waals surface area contributed by atoms with Gasteiger partial charge in [0, 0.05) is 16.5 Å². The normalized spacial score (nSPS) is 17.7. The lowest BCUT2D eigenvalue weighted by Crippen LogP contribution is -2.35. The molecule has 1 aromatic rings. The number of rotatable bonds is 5. The summed E-state index contributed by atoms with van der Waals surface area (Å²) in [5, 5.41) is 3.75. The Morgan fingerprint density at radius 2 is 1.95 bits per heavy atom. The molecule has 2 rings (SSSR count). The average molecular weight is 312 g/mol. The zero-order chi connectivity index (χ0) is 14.4. The quantitative estimate of drug-likeness (QED) is 0.810. The van der Waals surface area contributed by atoms with Crippen LogP contribution in [-0.4, -0.2) is 17.7 Å². The largest absolute Gasteiger partial charge is 0.355 e. The first kappa shape index (κ1) is 15.7. The van der Waals surface area contributed by atoms with Crippen LogP contribution in [-0.2, 0) is 4.79 Å². The van der Waals surface area contributed by atoms with Crippen LogP contribution in [0, 0.1) is 5.92 Å². The molecule has 1 N–H and O–H groups in total. The van der Waals surface area contributed by atoms with Crippen molar-refractivity contribution in [1.29, 1.82) is 0 Å². The molecule has 20 heavy (non-hydrogen) atoms. The molecule has 0 aromatic heterocycles. The lowest BCUT2D eigenvalue weighted by molar-refractivity contribution is -0.120. The molecule has 0 spiro atoms. The standard InChI is InChI=1S/C16H22ClNOS/c1-12(20-15-9-7-14(17)8-10-15)16(19)18-11-13-5-3-2-4-6-13/h7-10,12-13H,2-6,11H2,1H3,(H,18,19). The van der Waals surface area contributed by atoms with E-state index in [-0.39, 0.29) is 11.2 Å². The minimum atomic E-state index is -0.0697. The Kier molecular flexibility index (Phi) is 6.24. The first-order chi connectivity index (χ1) is 9.65. The second-order valence-corrected chi connectivity index (χ2v) is 7.31. The molecule has 0 radical (unpaired) electrons. The van der Waals surface area contributed by atoms with Crippen molar-refractivity contribution >= 4 is 29.3 Å². The summed E-state index contributed by atoms with van der Waals surface area (Å²) < 4.78 is 0. The molecule has 1 aromatic carbocycles. The summed E-state index contributed by atoms with van der Waals surface area (Å²) in [7, 11) is 0. The molecule has 0 saturated heterocycles. The third-order valence-electron chi connectivity index (χ3n) is 3.79. The fourth-order valence-corrected chi connectivity index (χ4v) is 3.57. The van der Waals surface area contributed by atoms with Crippen LogP contribution >= 0.6 is 23.4 Å². The van der Waals surface area contributed by atoms with Gasteiger partial charge >= 0.3 is 0 Å². The van der Waals surface area contributed by atoms with Crippen LogP contribution in [0.1, 0.15) is 39.0 Å². The van der Waals surface area contributed by atoms with Crippen molar-refractivity contribution in [3.63, 3.8) is 0 Å². The van der Waals surface area contributed by atoms with Crippen LogP contribution < -0.4 is 5.32 Å². The third kappa shape index (κ3) is 5.02. The summed E-state index contributed by atoms with van der Waals surface area (Å²) in [5.74, 6) is 0.816. The SMILES string of the molecule is CC(Sc1ccc(Cl)cc1)C(=O)NCC1CCCCC1. The van der Waals surface area contributed by atoms with E-state index in [1.165, 1.54) is 32.1 Å². The summed E-state index contributed by atoms with van der Waals surface area (Å²) in [6.07, 6.45) is 6.51. The molecule has 110 valence electrons. The summed E-state index contributed by atoms with van der Waals surface area (Å²) in [6.45, 7) is 2.79. The zero-order valence-electron chi connectivity index (χ0n) is 11.9. The van der Waals surface area contributed by atoms with Gasteiger partial charge in [-0.15, -0.1) is 11.8 Å². The van der Waals surface area contributed by atoms with Gasteiger partial charge in [-0.3, -0.25) is 4.79 Å². The van der Waals surface area contributed by atoms with Crippen molar-refractivity contribution in [3.05, 3.63) is 29.3 Å². The number of hydrogen-bond acceptors (Lipinski definition) is 2. The molecule has 1 amide bonds. The van der Waals surface area contributed by atoms with Crippen LogP contribution in [0.3, 0.4) is 0 Å². The van der Waals surface area contributed by atoms with Gasteiger partial charge in [0.2, 0.25) is 5.91 Å². The molecule has 1 unspecified atom stereocenters. The number of carbonyl (C=O) groups excluding carboxylic acids is 1. The molecular weight excluding hydrogens is 290 g/mol. The van der Waals surface area contributed by atoms with Crippen molar-refractivity contribution in [2.24, 2.45) is 5.92 Å². The third-order valence-corrected chi connectivity index (χ3v) is 5.15. The maximum atomic E-state index is 12.1. The number of thioether (sulfide) groups is 1. The van der Waals surface area contributed by atoms with E-state index in [4.69, 9.17) is 11.6 Å². The van der Waals surface area contributed by atoms with Crippen LogP contribution in [0.15, 0.2) is 29.2 Å². The Morgan fingerprint density at radius 3 is 2.60 bits per heavy atom. The first-order valence-corrected chi connectivity index (χ1v) is 8.61. The number of benzene rings is 1. The molecule has 1 aliphatic carbocycles. The monoisotopic (exact) mass is 311 g/mol. The van der Waals surface area contributed by atoms with Crippen LogP contribution in [0.25, 0.3) is 0 Å². The van der Waals surface area contributed by atoms with Crippen molar-refractivity contribution < 1.29 is 4.79 Å². The van der Waals surface area contributed by atoms with Crippen molar-refractivity contribution in [2.75, 3.05) is 6.54 Å². The number of hydrogen-bond donors (Lipinski definition) is 1. The minimum absolute atomic E-state index is 0.0697. The number of carbonyl (C=O) groups is 1. The Labute approximate surface area is 130 Å². The summed E-state index contributed by atoms with van der Waals surface area (Å²) >= 11 is 7.43. The number of nitrogens with one attached hydrogen (secondary N) is 1. The van der Waals surface area contributed by atoms with E-state index in [0.717, 1.165) is 16.5 Å². The molecule has 0 bridgehead atoms. The smallest absolute Gasteiger partial charge is 0.233 e. The van der Waals surface area contributed by atoms with Gasteiger partial charge in [-0.2, -0.15) is 0 Å². The van der Waals surface area contributed by atoms with Gasteiger partial charge in [0.1, 0.15) is 0 Å². The maximum Gasteiger partial charge on any atom is 0.233 e. The predicted octanol–water partition coefficient (Wildman–Crippen LogP) is 4.52. The van der Waals surface area contributed by atoms with Crippen molar-refractivity contribution in [3.8, 4) is 0 Å². The molecule has 1 atom stereocenters. The van der Waals surface area contributed by atoms with E-state index < -0.39 is 0 Å². The van der Waals surface area contributed by atoms with Crippen LogP contribution in [0.2, 0.25) is 5.02 Å². The Bertz CT molecular complexity index is 429. The van der Waals surface area contributed by atoms with Crippen LogP contribution in [0.4, 0.5) is 0 Å². The molecule has 1 fully saturated rings. The second kappa shape index (κ2) is 7.94. The molecule has 0 aliphatic heterocycles. The van der Waals surface area contributed by atoms with E-state index in [1.807, 2.05) is 31.2 Å². The summed E-state index contributed by atoms with van der Waals surface area (Å²) in [6, 6.07) is 7.63. The molecule has 0 heterocycles. The highest BCUT2D eigenvalue weighted by molar-refractivity contribution is 8.00. The topological polar surface area (TPSA) is 29.1 Å². The van der Waals surface area contributed by atoms with Crippen molar-refractivity contribution in [1.82, 2.24) is 5.32 Å². The highest BCUT2D eigenvalue weighted by Crippen LogP contribution is 2.25. The lowest BCUT2D eigenvalue weighted by atomic mass is 9.89. The van der Waals surface area contributed by atoms with Gasteiger partial charge in [-0.1, -0.05) is 30.9 Å². The first-order valence-electron chi connectivity index (χ1n) is 7.35. The second-order valence-electron chi connectivity index (χ2n) is 5.46. The highest BCUT2D eigenvalue weighted by Gasteiger charge is 2.17. The summed E-state index contributed by atoms with van der Waals surface area (Å²) in [5.41, 5.74) is 0. The molecular formula is C16H22ClNOS. The minimum Gasteiger partial charge on any atom is -0.355 e. The van der Waals surface area contributed by atoms with E-state index in [1.54, 1.807) is 11.8 Å². The number of halogens is 1. The molecule has 1 aliphatic rings.